The zero-order valence-electron chi connectivity index (χ0n) is 13.8. The molecule has 5 heteroatoms. The van der Waals surface area contributed by atoms with Gasteiger partial charge in [0.2, 0.25) is 11.8 Å². The Kier molecular flexibility index (Phi) is 7.15. The molecule has 3 N–H and O–H groups in total. The van der Waals surface area contributed by atoms with E-state index < -0.39 is 0 Å². The van der Waals surface area contributed by atoms with E-state index in [9.17, 15) is 9.59 Å². The zero-order valence-corrected chi connectivity index (χ0v) is 13.8. The van der Waals surface area contributed by atoms with Gasteiger partial charge in [-0.05, 0) is 39.5 Å². The summed E-state index contributed by atoms with van der Waals surface area (Å²) in [7, 11) is 0. The average Bonchev–Trinajstić information content (AvgIpc) is 2.44. The quantitative estimate of drug-likeness (QED) is 0.702. The molecule has 1 rings (SSSR count). The van der Waals surface area contributed by atoms with E-state index in [1.807, 2.05) is 18.7 Å². The number of hydrogen-bond acceptors (Lipinski definition) is 3. The van der Waals surface area contributed by atoms with Gasteiger partial charge in [-0.1, -0.05) is 13.3 Å². The summed E-state index contributed by atoms with van der Waals surface area (Å²) < 4.78 is 0. The SMILES string of the molecule is CCCCNC(=O)C1CCN(C(=O)CCC(C)(C)N)CC1. The van der Waals surface area contributed by atoms with Gasteiger partial charge in [-0.2, -0.15) is 0 Å². The highest BCUT2D eigenvalue weighted by molar-refractivity contribution is 5.80. The molecule has 0 aromatic rings. The van der Waals surface area contributed by atoms with Crippen molar-refractivity contribution in [2.45, 2.75) is 64.8 Å². The van der Waals surface area contributed by atoms with Gasteiger partial charge in [0.05, 0.1) is 0 Å². The maximum atomic E-state index is 12.1. The Morgan fingerprint density at radius 2 is 1.90 bits per heavy atom. The van der Waals surface area contributed by atoms with E-state index in [0.717, 1.165) is 32.2 Å². The minimum atomic E-state index is -0.298. The second-order valence-corrected chi connectivity index (χ2v) is 6.79. The van der Waals surface area contributed by atoms with Crippen molar-refractivity contribution in [1.82, 2.24) is 10.2 Å². The first-order valence-corrected chi connectivity index (χ1v) is 8.18. The van der Waals surface area contributed by atoms with Crippen molar-refractivity contribution < 1.29 is 9.59 Å². The van der Waals surface area contributed by atoms with Crippen LogP contribution in [0.4, 0.5) is 0 Å². The molecule has 21 heavy (non-hydrogen) atoms. The van der Waals surface area contributed by atoms with Gasteiger partial charge in [0.15, 0.2) is 0 Å². The summed E-state index contributed by atoms with van der Waals surface area (Å²) in [4.78, 5) is 26.0. The predicted molar refractivity (Wildman–Crippen MR) is 84.7 cm³/mol. The summed E-state index contributed by atoms with van der Waals surface area (Å²) in [5, 5.41) is 2.98. The molecular weight excluding hydrogens is 266 g/mol. The zero-order chi connectivity index (χ0) is 15.9. The third-order valence-corrected chi connectivity index (χ3v) is 4.03. The molecule has 5 nitrogen and oxygen atoms in total. The molecule has 2 amide bonds. The van der Waals surface area contributed by atoms with Crippen molar-refractivity contribution in [1.29, 1.82) is 0 Å². The molecule has 0 radical (unpaired) electrons. The van der Waals surface area contributed by atoms with E-state index in [-0.39, 0.29) is 23.3 Å². The Hall–Kier alpha value is -1.10. The molecule has 122 valence electrons. The highest BCUT2D eigenvalue weighted by Crippen LogP contribution is 2.19. The van der Waals surface area contributed by atoms with Crippen LogP contribution in [0.3, 0.4) is 0 Å². The first-order chi connectivity index (χ1) is 9.83. The number of amides is 2. The minimum Gasteiger partial charge on any atom is -0.356 e. The topological polar surface area (TPSA) is 75.4 Å². The van der Waals surface area contributed by atoms with E-state index in [1.54, 1.807) is 0 Å². The average molecular weight is 297 g/mol. The van der Waals surface area contributed by atoms with Crippen molar-refractivity contribution in [2.75, 3.05) is 19.6 Å². The van der Waals surface area contributed by atoms with Gasteiger partial charge in [-0.3, -0.25) is 9.59 Å². The van der Waals surface area contributed by atoms with Crippen LogP contribution >= 0.6 is 0 Å². The Labute approximate surface area is 128 Å². The second kappa shape index (κ2) is 8.37. The molecule has 0 atom stereocenters. The van der Waals surface area contributed by atoms with Crippen LogP contribution in [0.5, 0.6) is 0 Å². The van der Waals surface area contributed by atoms with E-state index in [1.165, 1.54) is 0 Å². The fourth-order valence-corrected chi connectivity index (χ4v) is 2.51. The second-order valence-electron chi connectivity index (χ2n) is 6.79. The van der Waals surface area contributed by atoms with Crippen LogP contribution < -0.4 is 11.1 Å². The predicted octanol–water partition coefficient (Wildman–Crippen LogP) is 1.66. The maximum absolute atomic E-state index is 12.1. The van der Waals surface area contributed by atoms with Crippen LogP contribution in [-0.4, -0.2) is 41.9 Å². The molecule has 0 bridgehead atoms. The Morgan fingerprint density at radius 1 is 1.29 bits per heavy atom. The van der Waals surface area contributed by atoms with Gasteiger partial charge in [-0.25, -0.2) is 0 Å². The number of nitrogens with zero attached hydrogens (tertiary/aromatic N) is 1. The monoisotopic (exact) mass is 297 g/mol. The number of likely N-dealkylation sites (tertiary alicyclic amines) is 1. The largest absolute Gasteiger partial charge is 0.356 e. The van der Waals surface area contributed by atoms with Crippen molar-refractivity contribution in [2.24, 2.45) is 11.7 Å². The van der Waals surface area contributed by atoms with Crippen molar-refractivity contribution in [3.05, 3.63) is 0 Å². The van der Waals surface area contributed by atoms with E-state index >= 15 is 0 Å². The summed E-state index contributed by atoms with van der Waals surface area (Å²) in [6.45, 7) is 8.13. The number of carbonyl (C=O) groups is 2. The van der Waals surface area contributed by atoms with Crippen molar-refractivity contribution >= 4 is 11.8 Å². The molecule has 0 unspecified atom stereocenters. The van der Waals surface area contributed by atoms with Crippen molar-refractivity contribution in [3.8, 4) is 0 Å². The lowest BCUT2D eigenvalue weighted by Gasteiger charge is -2.32. The number of unbranched alkanes of at least 4 members (excludes halogenated alkanes) is 1. The number of rotatable bonds is 7. The van der Waals surface area contributed by atoms with Crippen LogP contribution in [-0.2, 0) is 9.59 Å². The molecule has 0 spiro atoms. The third kappa shape index (κ3) is 6.93. The van der Waals surface area contributed by atoms with Gasteiger partial charge < -0.3 is 16.0 Å². The van der Waals surface area contributed by atoms with Crippen LogP contribution in [0.25, 0.3) is 0 Å². The molecule has 1 saturated heterocycles. The molecule has 0 aromatic carbocycles. The normalized spacial score (nSPS) is 16.9. The third-order valence-electron chi connectivity index (χ3n) is 4.03. The molecule has 1 aliphatic heterocycles. The van der Waals surface area contributed by atoms with Crippen LogP contribution in [0.15, 0.2) is 0 Å². The molecule has 0 aromatic heterocycles. The molecule has 0 saturated carbocycles. The number of piperidine rings is 1. The standard InChI is InChI=1S/C16H31N3O2/c1-4-5-10-18-15(21)13-7-11-19(12-8-13)14(20)6-9-16(2,3)17/h13H,4-12,17H2,1-3H3,(H,18,21). The van der Waals surface area contributed by atoms with Crippen LogP contribution in [0.2, 0.25) is 0 Å². The fourth-order valence-electron chi connectivity index (χ4n) is 2.51. The number of nitrogens with two attached hydrogens (primary N) is 1. The fraction of sp³-hybridized carbons (Fsp3) is 0.875. The summed E-state index contributed by atoms with van der Waals surface area (Å²) >= 11 is 0. The first kappa shape index (κ1) is 18.0. The van der Waals surface area contributed by atoms with E-state index in [4.69, 9.17) is 5.73 Å². The van der Waals surface area contributed by atoms with Gasteiger partial charge >= 0.3 is 0 Å². The van der Waals surface area contributed by atoms with Gasteiger partial charge in [0.25, 0.3) is 0 Å². The van der Waals surface area contributed by atoms with E-state index in [0.29, 0.717) is 25.9 Å². The molecule has 1 fully saturated rings. The van der Waals surface area contributed by atoms with Gasteiger partial charge in [0, 0.05) is 37.5 Å². The summed E-state index contributed by atoms with van der Waals surface area (Å²) in [6, 6.07) is 0. The molecule has 1 aliphatic rings. The van der Waals surface area contributed by atoms with Crippen LogP contribution in [0.1, 0.15) is 59.3 Å². The first-order valence-electron chi connectivity index (χ1n) is 8.18. The lowest BCUT2D eigenvalue weighted by atomic mass is 9.94. The molecule has 0 aliphatic carbocycles. The summed E-state index contributed by atoms with van der Waals surface area (Å²) in [6.07, 6.45) is 4.86. The summed E-state index contributed by atoms with van der Waals surface area (Å²) in [5.74, 6) is 0.383. The summed E-state index contributed by atoms with van der Waals surface area (Å²) in [5.41, 5.74) is 5.61. The lowest BCUT2D eigenvalue weighted by molar-refractivity contribution is -0.135. The van der Waals surface area contributed by atoms with E-state index in [2.05, 4.69) is 12.2 Å². The molecular formula is C16H31N3O2. The maximum Gasteiger partial charge on any atom is 0.223 e. The Balaban J connectivity index is 2.28. The smallest absolute Gasteiger partial charge is 0.223 e. The number of carbonyl (C=O) groups excluding carboxylic acids is 2. The number of nitrogens with one attached hydrogen (secondary N) is 1. The minimum absolute atomic E-state index is 0.0665. The highest BCUT2D eigenvalue weighted by atomic mass is 16.2. The number of hydrogen-bond donors (Lipinski definition) is 2. The Bertz CT molecular complexity index is 342. The van der Waals surface area contributed by atoms with Crippen molar-refractivity contribution in [3.63, 3.8) is 0 Å². The van der Waals surface area contributed by atoms with Gasteiger partial charge in [0.1, 0.15) is 0 Å². The molecule has 1 heterocycles. The lowest BCUT2D eigenvalue weighted by Crippen LogP contribution is -2.44. The van der Waals surface area contributed by atoms with Gasteiger partial charge in [-0.15, -0.1) is 0 Å². The Morgan fingerprint density at radius 3 is 2.43 bits per heavy atom. The van der Waals surface area contributed by atoms with Crippen LogP contribution in [0, 0.1) is 5.92 Å². The highest BCUT2D eigenvalue weighted by Gasteiger charge is 2.27.